The van der Waals surface area contributed by atoms with E-state index in [2.05, 4.69) is 45.0 Å². The van der Waals surface area contributed by atoms with Crippen LogP contribution in [0.4, 0.5) is 5.82 Å². The molecule has 1 fully saturated rings. The Balaban J connectivity index is 1.93. The third-order valence-electron chi connectivity index (χ3n) is 3.71. The number of amides is 1. The van der Waals surface area contributed by atoms with Gasteiger partial charge in [-0.3, -0.25) is 4.79 Å². The predicted octanol–water partition coefficient (Wildman–Crippen LogP) is 2.48. The molecule has 1 amide bonds. The highest BCUT2D eigenvalue weighted by Crippen LogP contribution is 2.24. The minimum absolute atomic E-state index is 0.161. The molecular weight excluding hydrogens is 332 g/mol. The number of carbonyl (C=O) groups is 1. The zero-order chi connectivity index (χ0) is 15.5. The summed E-state index contributed by atoms with van der Waals surface area (Å²) in [6.45, 7) is 8.83. The maximum Gasteiger partial charge on any atom is 0.250 e. The number of anilines is 1. The van der Waals surface area contributed by atoms with E-state index in [9.17, 15) is 4.79 Å². The van der Waals surface area contributed by atoms with Gasteiger partial charge in [-0.1, -0.05) is 13.8 Å². The third kappa shape index (κ3) is 4.68. The maximum atomic E-state index is 11.1. The van der Waals surface area contributed by atoms with Crippen molar-refractivity contribution in [3.63, 3.8) is 0 Å². The molecular formula is C15H23BrN4O. The Hall–Kier alpha value is -1.14. The van der Waals surface area contributed by atoms with Crippen LogP contribution in [0.25, 0.3) is 0 Å². The molecule has 1 saturated heterocycles. The van der Waals surface area contributed by atoms with Gasteiger partial charge in [-0.2, -0.15) is 0 Å². The molecule has 2 rings (SSSR count). The Kier molecular flexibility index (Phi) is 5.22. The summed E-state index contributed by atoms with van der Waals surface area (Å²) < 4.78 is 0.760. The van der Waals surface area contributed by atoms with Crippen molar-refractivity contribution < 1.29 is 4.79 Å². The normalized spacial score (nSPS) is 16.1. The molecule has 0 unspecified atom stereocenters. The average molecular weight is 355 g/mol. The molecule has 21 heavy (non-hydrogen) atoms. The first-order chi connectivity index (χ1) is 9.87. The van der Waals surface area contributed by atoms with Gasteiger partial charge in [0.2, 0.25) is 5.91 Å². The highest BCUT2D eigenvalue weighted by molar-refractivity contribution is 9.10. The molecule has 6 heteroatoms. The SMILES string of the molecule is CC(C)(CNc1ncc(C(N)=O)cc1Br)CN1CCCC1. The molecule has 0 aromatic carbocycles. The summed E-state index contributed by atoms with van der Waals surface area (Å²) in [6, 6.07) is 1.70. The number of pyridine rings is 1. The van der Waals surface area contributed by atoms with Gasteiger partial charge in [0, 0.05) is 19.3 Å². The number of halogens is 1. The number of aromatic nitrogens is 1. The lowest BCUT2D eigenvalue weighted by molar-refractivity contribution is 0.1000. The fraction of sp³-hybridized carbons (Fsp3) is 0.600. The monoisotopic (exact) mass is 354 g/mol. The number of nitrogens with zero attached hydrogens (tertiary/aromatic N) is 2. The highest BCUT2D eigenvalue weighted by Gasteiger charge is 2.24. The molecule has 0 spiro atoms. The molecule has 116 valence electrons. The van der Waals surface area contributed by atoms with Crippen molar-refractivity contribution in [1.29, 1.82) is 0 Å². The molecule has 1 aliphatic rings. The number of hydrogen-bond donors (Lipinski definition) is 2. The number of carbonyl (C=O) groups excluding carboxylic acids is 1. The second-order valence-corrected chi connectivity index (χ2v) is 7.27. The van der Waals surface area contributed by atoms with Crippen molar-refractivity contribution in [3.05, 3.63) is 22.3 Å². The van der Waals surface area contributed by atoms with Crippen LogP contribution in [-0.4, -0.2) is 42.0 Å². The van der Waals surface area contributed by atoms with Gasteiger partial charge in [0.1, 0.15) is 5.82 Å². The van der Waals surface area contributed by atoms with Crippen molar-refractivity contribution in [2.45, 2.75) is 26.7 Å². The third-order valence-corrected chi connectivity index (χ3v) is 4.31. The fourth-order valence-electron chi connectivity index (χ4n) is 2.63. The zero-order valence-electron chi connectivity index (χ0n) is 12.7. The van der Waals surface area contributed by atoms with Crippen LogP contribution in [-0.2, 0) is 0 Å². The van der Waals surface area contributed by atoms with Crippen LogP contribution in [0.15, 0.2) is 16.7 Å². The van der Waals surface area contributed by atoms with Crippen molar-refractivity contribution in [3.8, 4) is 0 Å². The molecule has 1 aromatic heterocycles. The summed E-state index contributed by atoms with van der Waals surface area (Å²) in [7, 11) is 0. The van der Waals surface area contributed by atoms with Crippen molar-refractivity contribution in [2.75, 3.05) is 31.5 Å². The van der Waals surface area contributed by atoms with E-state index < -0.39 is 5.91 Å². The van der Waals surface area contributed by atoms with Gasteiger partial charge < -0.3 is 16.0 Å². The predicted molar refractivity (Wildman–Crippen MR) is 88.4 cm³/mol. The Morgan fingerprint density at radius 2 is 2.14 bits per heavy atom. The second-order valence-electron chi connectivity index (χ2n) is 6.42. The van der Waals surface area contributed by atoms with Crippen LogP contribution >= 0.6 is 15.9 Å². The average Bonchev–Trinajstić information content (AvgIpc) is 2.89. The molecule has 1 aliphatic heterocycles. The van der Waals surface area contributed by atoms with Gasteiger partial charge >= 0.3 is 0 Å². The second kappa shape index (κ2) is 6.75. The number of hydrogen-bond acceptors (Lipinski definition) is 4. The highest BCUT2D eigenvalue weighted by atomic mass is 79.9. The smallest absolute Gasteiger partial charge is 0.250 e. The molecule has 5 nitrogen and oxygen atoms in total. The first-order valence-corrected chi connectivity index (χ1v) is 8.08. The molecule has 1 aromatic rings. The van der Waals surface area contributed by atoms with Crippen molar-refractivity contribution in [1.82, 2.24) is 9.88 Å². The van der Waals surface area contributed by atoms with E-state index in [1.54, 1.807) is 6.07 Å². The Labute approximate surface area is 134 Å². The zero-order valence-corrected chi connectivity index (χ0v) is 14.2. The van der Waals surface area contributed by atoms with Gasteiger partial charge in [0.05, 0.1) is 10.0 Å². The summed E-state index contributed by atoms with van der Waals surface area (Å²) in [6.07, 6.45) is 4.12. The van der Waals surface area contributed by atoms with Crippen LogP contribution in [0.1, 0.15) is 37.0 Å². The molecule has 0 atom stereocenters. The van der Waals surface area contributed by atoms with E-state index >= 15 is 0 Å². The van der Waals surface area contributed by atoms with E-state index in [1.165, 1.54) is 32.1 Å². The number of nitrogens with two attached hydrogens (primary N) is 1. The molecule has 3 N–H and O–H groups in total. The maximum absolute atomic E-state index is 11.1. The van der Waals surface area contributed by atoms with Crippen LogP contribution in [0, 0.1) is 5.41 Å². The lowest BCUT2D eigenvalue weighted by Gasteiger charge is -2.30. The van der Waals surface area contributed by atoms with Crippen LogP contribution in [0.3, 0.4) is 0 Å². The van der Waals surface area contributed by atoms with Gasteiger partial charge in [-0.05, 0) is 53.3 Å². The lowest BCUT2D eigenvalue weighted by atomic mass is 9.93. The summed E-state index contributed by atoms with van der Waals surface area (Å²) in [4.78, 5) is 17.9. The van der Waals surface area contributed by atoms with Crippen molar-refractivity contribution in [2.24, 2.45) is 11.1 Å². The van der Waals surface area contributed by atoms with Crippen LogP contribution in [0.5, 0.6) is 0 Å². The molecule has 0 radical (unpaired) electrons. The van der Waals surface area contributed by atoms with E-state index in [4.69, 9.17) is 5.73 Å². The topological polar surface area (TPSA) is 71.2 Å². The summed E-state index contributed by atoms with van der Waals surface area (Å²) in [5.41, 5.74) is 5.81. The van der Waals surface area contributed by atoms with E-state index in [0.29, 0.717) is 5.56 Å². The molecule has 0 saturated carbocycles. The Bertz CT molecular complexity index is 512. The molecule has 0 aliphatic carbocycles. The van der Waals surface area contributed by atoms with Crippen molar-refractivity contribution >= 4 is 27.7 Å². The quantitative estimate of drug-likeness (QED) is 0.823. The number of nitrogens with one attached hydrogen (secondary N) is 1. The van der Waals surface area contributed by atoms with Crippen LogP contribution < -0.4 is 11.1 Å². The first kappa shape index (κ1) is 16.2. The molecule has 2 heterocycles. The summed E-state index contributed by atoms with van der Waals surface area (Å²) in [5, 5.41) is 3.36. The first-order valence-electron chi connectivity index (χ1n) is 7.29. The largest absolute Gasteiger partial charge is 0.369 e. The minimum atomic E-state index is -0.468. The minimum Gasteiger partial charge on any atom is -0.369 e. The number of primary amides is 1. The number of rotatable bonds is 6. The fourth-order valence-corrected chi connectivity index (χ4v) is 3.12. The van der Waals surface area contributed by atoms with E-state index in [-0.39, 0.29) is 5.41 Å². The standard InChI is InChI=1S/C15H23BrN4O/c1-15(2,10-20-5-3-4-6-20)9-19-14-12(16)7-11(8-18-14)13(17)21/h7-8H,3-6,9-10H2,1-2H3,(H2,17,21)(H,18,19). The van der Waals surface area contributed by atoms with Gasteiger partial charge in [0.25, 0.3) is 0 Å². The van der Waals surface area contributed by atoms with E-state index in [0.717, 1.165) is 23.4 Å². The van der Waals surface area contributed by atoms with Crippen LogP contribution in [0.2, 0.25) is 0 Å². The lowest BCUT2D eigenvalue weighted by Crippen LogP contribution is -2.37. The Morgan fingerprint density at radius 3 is 2.71 bits per heavy atom. The van der Waals surface area contributed by atoms with E-state index in [1.807, 2.05) is 0 Å². The van der Waals surface area contributed by atoms with Gasteiger partial charge in [-0.15, -0.1) is 0 Å². The van der Waals surface area contributed by atoms with Gasteiger partial charge in [-0.25, -0.2) is 4.98 Å². The number of likely N-dealkylation sites (tertiary alicyclic amines) is 1. The Morgan fingerprint density at radius 1 is 1.48 bits per heavy atom. The van der Waals surface area contributed by atoms with Gasteiger partial charge in [0.15, 0.2) is 0 Å². The summed E-state index contributed by atoms with van der Waals surface area (Å²) >= 11 is 3.43. The summed E-state index contributed by atoms with van der Waals surface area (Å²) in [5.74, 6) is 0.276. The molecule has 0 bridgehead atoms.